The highest BCUT2D eigenvalue weighted by molar-refractivity contribution is 5.52. The van der Waals surface area contributed by atoms with Gasteiger partial charge in [0.1, 0.15) is 0 Å². The van der Waals surface area contributed by atoms with Gasteiger partial charge in [0.25, 0.3) is 0 Å². The Hall–Kier alpha value is -1.60. The Morgan fingerprint density at radius 2 is 2.06 bits per heavy atom. The Morgan fingerprint density at radius 3 is 2.71 bits per heavy atom. The van der Waals surface area contributed by atoms with E-state index in [0.717, 1.165) is 5.56 Å². The summed E-state index contributed by atoms with van der Waals surface area (Å²) in [6.07, 6.45) is 11.9. The van der Waals surface area contributed by atoms with Gasteiger partial charge in [-0.05, 0) is 24.5 Å². The zero-order valence-electron chi connectivity index (χ0n) is 10.1. The van der Waals surface area contributed by atoms with Gasteiger partial charge in [-0.25, -0.2) is 0 Å². The van der Waals surface area contributed by atoms with Crippen LogP contribution in [0.25, 0.3) is 6.08 Å². The van der Waals surface area contributed by atoms with Crippen LogP contribution in [0, 0.1) is 5.92 Å². The number of allylic oxidation sites excluding steroid dienone is 5. The topological polar surface area (TPSA) is 20.2 Å². The third-order valence-electron chi connectivity index (χ3n) is 2.96. The van der Waals surface area contributed by atoms with Crippen molar-refractivity contribution in [2.24, 2.45) is 5.92 Å². The van der Waals surface area contributed by atoms with Crippen LogP contribution in [0.5, 0.6) is 0 Å². The van der Waals surface area contributed by atoms with Gasteiger partial charge in [-0.1, -0.05) is 60.2 Å². The quantitative estimate of drug-likeness (QED) is 0.829. The predicted molar refractivity (Wildman–Crippen MR) is 72.4 cm³/mol. The summed E-state index contributed by atoms with van der Waals surface area (Å²) in [5.41, 5.74) is 3.66. The van der Waals surface area contributed by atoms with Gasteiger partial charge in [0.2, 0.25) is 0 Å². The van der Waals surface area contributed by atoms with Crippen LogP contribution in [0.15, 0.2) is 54.1 Å². The van der Waals surface area contributed by atoms with Gasteiger partial charge in [-0.3, -0.25) is 0 Å². The molecule has 0 spiro atoms. The minimum Gasteiger partial charge on any atom is -0.392 e. The molecule has 0 aromatic heterocycles. The Morgan fingerprint density at radius 1 is 1.29 bits per heavy atom. The number of hydrogen-bond donors (Lipinski definition) is 1. The van der Waals surface area contributed by atoms with Crippen LogP contribution in [-0.4, -0.2) is 5.11 Å². The van der Waals surface area contributed by atoms with E-state index in [4.69, 9.17) is 5.11 Å². The first kappa shape index (κ1) is 11.9. The molecule has 1 aliphatic carbocycles. The number of rotatable bonds is 4. The van der Waals surface area contributed by atoms with Crippen molar-refractivity contribution in [3.05, 3.63) is 65.3 Å². The molecule has 1 atom stereocenters. The molecule has 0 bridgehead atoms. The lowest BCUT2D eigenvalue weighted by Crippen LogP contribution is -1.81. The molecule has 0 amide bonds. The zero-order chi connectivity index (χ0) is 12.1. The summed E-state index contributed by atoms with van der Waals surface area (Å²) < 4.78 is 0. The van der Waals surface area contributed by atoms with E-state index in [1.54, 1.807) is 0 Å². The molecule has 1 aliphatic rings. The van der Waals surface area contributed by atoms with E-state index in [1.165, 1.54) is 17.6 Å². The van der Waals surface area contributed by atoms with Gasteiger partial charge in [0, 0.05) is 5.92 Å². The minimum atomic E-state index is 0.114. The van der Waals surface area contributed by atoms with Crippen LogP contribution in [0.4, 0.5) is 0 Å². The molecule has 0 saturated heterocycles. The van der Waals surface area contributed by atoms with Crippen LogP contribution >= 0.6 is 0 Å². The maximum atomic E-state index is 8.94. The molecule has 0 aliphatic heterocycles. The standard InChI is InChI=1S/C16H18O/c1-2-3-4-15-11-16(15)10-9-13-5-7-14(12-17)8-6-13/h2-10,16-17H,11-12H2,1H3/b3-2-,10-9+,15-4-. The van der Waals surface area contributed by atoms with E-state index in [-0.39, 0.29) is 6.61 Å². The highest BCUT2D eigenvalue weighted by atomic mass is 16.3. The number of aliphatic hydroxyl groups excluding tert-OH is 1. The zero-order valence-corrected chi connectivity index (χ0v) is 10.1. The van der Waals surface area contributed by atoms with Crippen LogP contribution in [0.3, 0.4) is 0 Å². The van der Waals surface area contributed by atoms with Crippen LogP contribution in [0.1, 0.15) is 24.5 Å². The first-order chi connectivity index (χ1) is 8.33. The molecular weight excluding hydrogens is 208 g/mol. The third kappa shape index (κ3) is 3.43. The predicted octanol–water partition coefficient (Wildman–Crippen LogP) is 3.71. The number of benzene rings is 1. The largest absolute Gasteiger partial charge is 0.392 e. The van der Waals surface area contributed by atoms with Crippen molar-refractivity contribution in [1.29, 1.82) is 0 Å². The molecule has 1 saturated carbocycles. The molecule has 88 valence electrons. The van der Waals surface area contributed by atoms with Crippen molar-refractivity contribution in [1.82, 2.24) is 0 Å². The fraction of sp³-hybridized carbons (Fsp3) is 0.250. The van der Waals surface area contributed by atoms with Gasteiger partial charge in [-0.15, -0.1) is 0 Å². The lowest BCUT2D eigenvalue weighted by Gasteiger charge is -1.96. The maximum Gasteiger partial charge on any atom is 0.0681 e. The molecule has 1 fully saturated rings. The van der Waals surface area contributed by atoms with Gasteiger partial charge in [0.15, 0.2) is 0 Å². The summed E-state index contributed by atoms with van der Waals surface area (Å²) in [5, 5.41) is 8.94. The normalized spacial score (nSPS) is 21.8. The lowest BCUT2D eigenvalue weighted by atomic mass is 10.1. The summed E-state index contributed by atoms with van der Waals surface area (Å²) in [6.45, 7) is 2.15. The molecule has 1 unspecified atom stereocenters. The highest BCUT2D eigenvalue weighted by Gasteiger charge is 2.25. The SMILES string of the molecule is C/C=C\C=C1\CC1/C=C/c1ccc(CO)cc1. The molecule has 1 heteroatoms. The summed E-state index contributed by atoms with van der Waals surface area (Å²) in [5.74, 6) is 0.628. The summed E-state index contributed by atoms with van der Waals surface area (Å²) in [7, 11) is 0. The molecule has 2 rings (SSSR count). The molecule has 0 heterocycles. The van der Waals surface area contributed by atoms with E-state index < -0.39 is 0 Å². The summed E-state index contributed by atoms with van der Waals surface area (Å²) >= 11 is 0. The average Bonchev–Trinajstić information content (AvgIpc) is 3.13. The molecule has 1 nitrogen and oxygen atoms in total. The van der Waals surface area contributed by atoms with Crippen LogP contribution < -0.4 is 0 Å². The van der Waals surface area contributed by atoms with E-state index in [1.807, 2.05) is 31.2 Å². The Kier molecular flexibility index (Phi) is 3.94. The third-order valence-corrected chi connectivity index (χ3v) is 2.96. The van der Waals surface area contributed by atoms with Crippen molar-refractivity contribution in [2.45, 2.75) is 20.0 Å². The molecule has 17 heavy (non-hydrogen) atoms. The minimum absolute atomic E-state index is 0.114. The lowest BCUT2D eigenvalue weighted by molar-refractivity contribution is 0.282. The van der Waals surface area contributed by atoms with Crippen molar-refractivity contribution in [3.63, 3.8) is 0 Å². The van der Waals surface area contributed by atoms with E-state index >= 15 is 0 Å². The Bertz CT molecular complexity index is 449. The average molecular weight is 226 g/mol. The van der Waals surface area contributed by atoms with Crippen LogP contribution in [0.2, 0.25) is 0 Å². The molecular formula is C16H18O. The van der Waals surface area contributed by atoms with E-state index in [2.05, 4.69) is 30.4 Å². The summed E-state index contributed by atoms with van der Waals surface area (Å²) in [6, 6.07) is 8.01. The van der Waals surface area contributed by atoms with Gasteiger partial charge >= 0.3 is 0 Å². The Labute approximate surface area is 103 Å². The molecule has 1 N–H and O–H groups in total. The Balaban J connectivity index is 1.93. The van der Waals surface area contributed by atoms with Gasteiger partial charge in [0.05, 0.1) is 6.61 Å². The summed E-state index contributed by atoms with van der Waals surface area (Å²) in [4.78, 5) is 0. The number of hydrogen-bond acceptors (Lipinski definition) is 1. The molecule has 0 radical (unpaired) electrons. The first-order valence-corrected chi connectivity index (χ1v) is 6.03. The maximum absolute atomic E-state index is 8.94. The number of aliphatic hydroxyl groups is 1. The monoisotopic (exact) mass is 226 g/mol. The fourth-order valence-corrected chi connectivity index (χ4v) is 1.76. The molecule has 1 aromatic carbocycles. The van der Waals surface area contributed by atoms with Crippen molar-refractivity contribution in [2.75, 3.05) is 0 Å². The van der Waals surface area contributed by atoms with Crippen molar-refractivity contribution in [3.8, 4) is 0 Å². The fourth-order valence-electron chi connectivity index (χ4n) is 1.76. The van der Waals surface area contributed by atoms with Gasteiger partial charge in [-0.2, -0.15) is 0 Å². The van der Waals surface area contributed by atoms with Gasteiger partial charge < -0.3 is 5.11 Å². The molecule has 1 aromatic rings. The van der Waals surface area contributed by atoms with E-state index in [9.17, 15) is 0 Å². The first-order valence-electron chi connectivity index (χ1n) is 6.03. The second kappa shape index (κ2) is 5.65. The smallest absolute Gasteiger partial charge is 0.0681 e. The van der Waals surface area contributed by atoms with Crippen molar-refractivity contribution < 1.29 is 5.11 Å². The van der Waals surface area contributed by atoms with Crippen LogP contribution in [-0.2, 0) is 6.61 Å². The second-order valence-electron chi connectivity index (χ2n) is 4.34. The second-order valence-corrected chi connectivity index (χ2v) is 4.34. The van der Waals surface area contributed by atoms with E-state index in [0.29, 0.717) is 5.92 Å². The highest BCUT2D eigenvalue weighted by Crippen LogP contribution is 2.39. The van der Waals surface area contributed by atoms with Crippen molar-refractivity contribution >= 4 is 6.08 Å².